The van der Waals surface area contributed by atoms with Crippen LogP contribution in [0.5, 0.6) is 5.75 Å². The van der Waals surface area contributed by atoms with E-state index in [-0.39, 0.29) is 12.4 Å². The van der Waals surface area contributed by atoms with Crippen molar-refractivity contribution in [1.82, 2.24) is 5.43 Å². The number of nitrogen functional groups attached to an aromatic ring is 1. The number of nitrogens with one attached hydrogen (secondary N) is 1. The number of carbonyl (C=O) groups is 1. The molecule has 5 nitrogen and oxygen atoms in total. The molecule has 0 fully saturated rings. The van der Waals surface area contributed by atoms with E-state index in [0.717, 1.165) is 12.2 Å². The minimum atomic E-state index is -0.464. The largest absolute Gasteiger partial charge is 0.489 e. The highest BCUT2D eigenvalue weighted by Gasteiger charge is 2.14. The Labute approximate surface area is 124 Å². The Morgan fingerprint density at radius 2 is 2.05 bits per heavy atom. The molecule has 0 atom stereocenters. The Morgan fingerprint density at radius 3 is 2.71 bits per heavy atom. The highest BCUT2D eigenvalue weighted by atomic mass is 16.5. The maximum absolute atomic E-state index is 11.5. The van der Waals surface area contributed by atoms with Gasteiger partial charge >= 0.3 is 5.91 Å². The highest BCUT2D eigenvalue weighted by Crippen LogP contribution is 2.17. The Hall–Kier alpha value is -2.27. The third kappa shape index (κ3) is 4.10. The zero-order valence-corrected chi connectivity index (χ0v) is 12.1. The van der Waals surface area contributed by atoms with E-state index in [1.165, 1.54) is 24.7 Å². The lowest BCUT2D eigenvalue weighted by molar-refractivity contribution is 0.0922. The molecule has 0 aliphatic carbocycles. The van der Waals surface area contributed by atoms with Crippen molar-refractivity contribution >= 4 is 5.91 Å². The summed E-state index contributed by atoms with van der Waals surface area (Å²) >= 11 is 0. The molecule has 0 radical (unpaired) electrons. The van der Waals surface area contributed by atoms with Crippen LogP contribution in [0.3, 0.4) is 0 Å². The molecule has 1 amide bonds. The molecule has 5 heteroatoms. The molecule has 0 spiro atoms. The standard InChI is InChI=1S/C16H20N2O3/c1-2-3-4-12-5-7-14(8-6-12)21-11-13-9-10-20-15(13)16(19)18-17/h5-10H,2-4,11,17H2,1H3,(H,18,19). The number of nitrogens with two attached hydrogens (primary N) is 1. The summed E-state index contributed by atoms with van der Waals surface area (Å²) in [6.07, 6.45) is 4.90. The second-order valence-electron chi connectivity index (χ2n) is 4.78. The normalized spacial score (nSPS) is 10.4. The molecule has 3 N–H and O–H groups in total. The smallest absolute Gasteiger partial charge is 0.301 e. The van der Waals surface area contributed by atoms with Gasteiger partial charge in [-0.05, 0) is 36.6 Å². The van der Waals surface area contributed by atoms with Crippen LogP contribution in [0.15, 0.2) is 41.0 Å². The van der Waals surface area contributed by atoms with Gasteiger partial charge in [-0.25, -0.2) is 5.84 Å². The molecule has 1 heterocycles. The van der Waals surface area contributed by atoms with Crippen LogP contribution >= 0.6 is 0 Å². The number of aryl methyl sites for hydroxylation is 1. The van der Waals surface area contributed by atoms with Crippen LogP contribution in [0.1, 0.15) is 41.4 Å². The van der Waals surface area contributed by atoms with E-state index in [2.05, 4.69) is 19.1 Å². The predicted octanol–water partition coefficient (Wildman–Crippen LogP) is 2.80. The zero-order valence-electron chi connectivity index (χ0n) is 12.1. The summed E-state index contributed by atoms with van der Waals surface area (Å²) in [5.41, 5.74) is 4.01. The number of hydrazine groups is 1. The van der Waals surface area contributed by atoms with Gasteiger partial charge in [0.15, 0.2) is 5.76 Å². The minimum Gasteiger partial charge on any atom is -0.489 e. The SMILES string of the molecule is CCCCc1ccc(OCc2ccoc2C(=O)NN)cc1. The number of unbranched alkanes of at least 4 members (excludes halogenated alkanes) is 1. The van der Waals surface area contributed by atoms with Gasteiger partial charge in [0.05, 0.1) is 6.26 Å². The molecule has 21 heavy (non-hydrogen) atoms. The van der Waals surface area contributed by atoms with E-state index < -0.39 is 5.91 Å². The first-order valence-corrected chi connectivity index (χ1v) is 7.03. The summed E-state index contributed by atoms with van der Waals surface area (Å²) in [6.45, 7) is 2.44. The molecule has 2 aromatic rings. The van der Waals surface area contributed by atoms with Crippen LogP contribution in [0.25, 0.3) is 0 Å². The first kappa shape index (κ1) is 15.1. The molecule has 0 aliphatic heterocycles. The van der Waals surface area contributed by atoms with E-state index in [1.54, 1.807) is 6.07 Å². The van der Waals surface area contributed by atoms with Crippen LogP contribution < -0.4 is 16.0 Å². The summed E-state index contributed by atoms with van der Waals surface area (Å²) < 4.78 is 10.8. The van der Waals surface area contributed by atoms with Crippen molar-refractivity contribution in [3.05, 3.63) is 53.5 Å². The first-order valence-electron chi connectivity index (χ1n) is 7.03. The van der Waals surface area contributed by atoms with Gasteiger partial charge in [0.2, 0.25) is 0 Å². The van der Waals surface area contributed by atoms with Crippen LogP contribution in [0.4, 0.5) is 0 Å². The van der Waals surface area contributed by atoms with Gasteiger partial charge in [-0.1, -0.05) is 25.5 Å². The summed E-state index contributed by atoms with van der Waals surface area (Å²) in [7, 11) is 0. The quantitative estimate of drug-likeness (QED) is 0.466. The Bertz CT molecular complexity index is 575. The van der Waals surface area contributed by atoms with Crippen LogP contribution in [0, 0.1) is 0 Å². The van der Waals surface area contributed by atoms with E-state index in [0.29, 0.717) is 5.56 Å². The summed E-state index contributed by atoms with van der Waals surface area (Å²) in [6, 6.07) is 9.70. The predicted molar refractivity (Wildman–Crippen MR) is 79.7 cm³/mol. The molecule has 112 valence electrons. The van der Waals surface area contributed by atoms with Gasteiger partial charge in [-0.15, -0.1) is 0 Å². The van der Waals surface area contributed by atoms with Crippen LogP contribution in [-0.4, -0.2) is 5.91 Å². The highest BCUT2D eigenvalue weighted by molar-refractivity contribution is 5.92. The van der Waals surface area contributed by atoms with Crippen molar-refractivity contribution < 1.29 is 13.9 Å². The van der Waals surface area contributed by atoms with Gasteiger partial charge in [-0.2, -0.15) is 0 Å². The van der Waals surface area contributed by atoms with E-state index in [1.807, 2.05) is 17.6 Å². The van der Waals surface area contributed by atoms with Crippen LogP contribution in [-0.2, 0) is 13.0 Å². The van der Waals surface area contributed by atoms with Crippen molar-refractivity contribution in [2.24, 2.45) is 5.84 Å². The van der Waals surface area contributed by atoms with Gasteiger partial charge in [-0.3, -0.25) is 10.2 Å². The lowest BCUT2D eigenvalue weighted by atomic mass is 10.1. The fourth-order valence-electron chi connectivity index (χ4n) is 2.01. The lowest BCUT2D eigenvalue weighted by Gasteiger charge is -2.07. The zero-order chi connectivity index (χ0) is 15.1. The molecule has 0 saturated carbocycles. The van der Waals surface area contributed by atoms with Crippen LogP contribution in [0.2, 0.25) is 0 Å². The average molecular weight is 288 g/mol. The molecule has 0 aliphatic rings. The topological polar surface area (TPSA) is 77.5 Å². The van der Waals surface area contributed by atoms with Gasteiger partial charge in [0.25, 0.3) is 0 Å². The third-order valence-corrected chi connectivity index (χ3v) is 3.22. The third-order valence-electron chi connectivity index (χ3n) is 3.22. The van der Waals surface area contributed by atoms with Crippen molar-refractivity contribution in [2.75, 3.05) is 0 Å². The number of benzene rings is 1. The summed E-state index contributed by atoms with van der Waals surface area (Å²) in [4.78, 5) is 11.5. The Kier molecular flexibility index (Phi) is 5.40. The molecular formula is C16H20N2O3. The minimum absolute atomic E-state index is 0.178. The van der Waals surface area contributed by atoms with E-state index in [9.17, 15) is 4.79 Å². The van der Waals surface area contributed by atoms with Gasteiger partial charge in [0.1, 0.15) is 12.4 Å². The molecule has 0 bridgehead atoms. The second kappa shape index (κ2) is 7.50. The van der Waals surface area contributed by atoms with E-state index >= 15 is 0 Å². The summed E-state index contributed by atoms with van der Waals surface area (Å²) in [5, 5.41) is 0. The number of hydrogen-bond acceptors (Lipinski definition) is 4. The molecule has 0 saturated heterocycles. The monoisotopic (exact) mass is 288 g/mol. The van der Waals surface area contributed by atoms with E-state index in [4.69, 9.17) is 15.0 Å². The Morgan fingerprint density at radius 1 is 1.29 bits per heavy atom. The fraction of sp³-hybridized carbons (Fsp3) is 0.312. The number of rotatable bonds is 7. The maximum Gasteiger partial charge on any atom is 0.301 e. The van der Waals surface area contributed by atoms with Gasteiger partial charge < -0.3 is 9.15 Å². The van der Waals surface area contributed by atoms with Crippen molar-refractivity contribution in [3.8, 4) is 5.75 Å². The van der Waals surface area contributed by atoms with Crippen molar-refractivity contribution in [2.45, 2.75) is 32.8 Å². The number of ether oxygens (including phenoxy) is 1. The molecule has 1 aromatic carbocycles. The molecule has 1 aromatic heterocycles. The second-order valence-corrected chi connectivity index (χ2v) is 4.78. The number of carbonyl (C=O) groups excluding carboxylic acids is 1. The average Bonchev–Trinajstić information content (AvgIpc) is 2.99. The molecule has 2 rings (SSSR count). The molecule has 0 unspecified atom stereocenters. The van der Waals surface area contributed by atoms with Crippen molar-refractivity contribution in [1.29, 1.82) is 0 Å². The fourth-order valence-corrected chi connectivity index (χ4v) is 2.01. The lowest BCUT2D eigenvalue weighted by Crippen LogP contribution is -2.30. The number of furan rings is 1. The maximum atomic E-state index is 11.5. The van der Waals surface area contributed by atoms with Crippen molar-refractivity contribution in [3.63, 3.8) is 0 Å². The van der Waals surface area contributed by atoms with Gasteiger partial charge in [0, 0.05) is 5.56 Å². The molecular weight excluding hydrogens is 268 g/mol. The Balaban J connectivity index is 1.94. The summed E-state index contributed by atoms with van der Waals surface area (Å²) in [5.74, 6) is 5.57. The first-order chi connectivity index (χ1) is 10.2. The number of hydrogen-bond donors (Lipinski definition) is 2. The number of amides is 1.